The maximum atomic E-state index is 13.2. The third-order valence-electron chi connectivity index (χ3n) is 6.36. The van der Waals surface area contributed by atoms with Crippen molar-refractivity contribution in [3.8, 4) is 5.75 Å². The number of aromatic nitrogens is 1. The van der Waals surface area contributed by atoms with E-state index < -0.39 is 6.04 Å². The molecule has 1 unspecified atom stereocenters. The van der Waals surface area contributed by atoms with Gasteiger partial charge in [0.1, 0.15) is 5.75 Å². The average molecular weight is 546 g/mol. The van der Waals surface area contributed by atoms with Crippen LogP contribution in [0.4, 0.5) is 0 Å². The van der Waals surface area contributed by atoms with Gasteiger partial charge in [0.2, 0.25) is 11.8 Å². The number of nitrogens with one attached hydrogen (secondary N) is 1. The summed E-state index contributed by atoms with van der Waals surface area (Å²) in [6.07, 6.45) is 6.09. The summed E-state index contributed by atoms with van der Waals surface area (Å²) < 4.78 is 10.8. The lowest BCUT2D eigenvalue weighted by molar-refractivity contribution is -0.144. The molecule has 0 aliphatic rings. The molecular weight excluding hydrogens is 506 g/mol. The molecule has 1 aromatic heterocycles. The quantitative estimate of drug-likeness (QED) is 0.200. The molecule has 40 heavy (non-hydrogen) atoms. The zero-order valence-electron chi connectivity index (χ0n) is 23.2. The van der Waals surface area contributed by atoms with Crippen molar-refractivity contribution < 1.29 is 23.9 Å². The molecule has 0 fully saturated rings. The lowest BCUT2D eigenvalue weighted by Gasteiger charge is -2.25. The number of carbonyl (C=O) groups is 3. The van der Waals surface area contributed by atoms with Crippen molar-refractivity contribution >= 4 is 17.8 Å². The molecule has 0 radical (unpaired) electrons. The van der Waals surface area contributed by atoms with Crippen molar-refractivity contribution in [1.82, 2.24) is 15.2 Å². The summed E-state index contributed by atoms with van der Waals surface area (Å²) in [6, 6.07) is 22.9. The van der Waals surface area contributed by atoms with Gasteiger partial charge < -0.3 is 19.7 Å². The average Bonchev–Trinajstić information content (AvgIpc) is 2.98. The van der Waals surface area contributed by atoms with Crippen LogP contribution < -0.4 is 10.1 Å². The fourth-order valence-corrected chi connectivity index (χ4v) is 4.29. The van der Waals surface area contributed by atoms with Gasteiger partial charge in [-0.15, -0.1) is 0 Å². The minimum atomic E-state index is -0.397. The molecule has 3 aromatic rings. The van der Waals surface area contributed by atoms with Gasteiger partial charge in [-0.05, 0) is 55.9 Å². The van der Waals surface area contributed by atoms with E-state index in [1.54, 1.807) is 36.4 Å². The highest BCUT2D eigenvalue weighted by atomic mass is 16.5. The van der Waals surface area contributed by atoms with Crippen molar-refractivity contribution in [2.75, 3.05) is 26.3 Å². The molecule has 8 nitrogen and oxygen atoms in total. The highest BCUT2D eigenvalue weighted by Gasteiger charge is 2.21. The van der Waals surface area contributed by atoms with Crippen LogP contribution in [0.2, 0.25) is 0 Å². The fourth-order valence-electron chi connectivity index (χ4n) is 4.29. The minimum absolute atomic E-state index is 0.0801. The van der Waals surface area contributed by atoms with Crippen LogP contribution in [0.15, 0.2) is 85.2 Å². The van der Waals surface area contributed by atoms with E-state index in [-0.39, 0.29) is 43.8 Å². The normalized spacial score (nSPS) is 11.3. The Morgan fingerprint density at radius 3 is 2.20 bits per heavy atom. The Bertz CT molecular complexity index is 1160. The first-order valence-electron chi connectivity index (χ1n) is 13.9. The molecule has 1 heterocycles. The lowest BCUT2D eigenvalue weighted by Crippen LogP contribution is -2.45. The molecule has 2 amide bonds. The first-order valence-corrected chi connectivity index (χ1v) is 13.9. The van der Waals surface area contributed by atoms with E-state index in [0.717, 1.165) is 11.1 Å². The summed E-state index contributed by atoms with van der Waals surface area (Å²) in [4.78, 5) is 44.1. The second-order valence-corrected chi connectivity index (χ2v) is 9.48. The fraction of sp³-hybridized carbons (Fsp3) is 0.375. The van der Waals surface area contributed by atoms with Gasteiger partial charge >= 0.3 is 5.97 Å². The van der Waals surface area contributed by atoms with Crippen LogP contribution in [0, 0.1) is 0 Å². The van der Waals surface area contributed by atoms with Gasteiger partial charge in [-0.1, -0.05) is 60.7 Å². The SMILES string of the molecule is CCOC(=O)CC(CCc1ccccc1)NC(=O)CN(CCc1ccccc1)C(=O)CCCOc1ccncc1. The number of ether oxygens (including phenoxy) is 2. The summed E-state index contributed by atoms with van der Waals surface area (Å²) in [5.41, 5.74) is 2.21. The van der Waals surface area contributed by atoms with E-state index in [1.165, 1.54) is 0 Å². The highest BCUT2D eigenvalue weighted by Crippen LogP contribution is 2.11. The molecule has 2 aromatic carbocycles. The van der Waals surface area contributed by atoms with Crippen LogP contribution in [-0.4, -0.2) is 60.0 Å². The number of hydrogen-bond acceptors (Lipinski definition) is 6. The number of hydrogen-bond donors (Lipinski definition) is 1. The van der Waals surface area contributed by atoms with Crippen LogP contribution in [0.5, 0.6) is 5.75 Å². The van der Waals surface area contributed by atoms with Crippen molar-refractivity contribution in [3.63, 3.8) is 0 Å². The molecule has 1 N–H and O–H groups in total. The first kappa shape index (κ1) is 30.3. The molecule has 1 atom stereocenters. The maximum Gasteiger partial charge on any atom is 0.307 e. The molecule has 0 aliphatic heterocycles. The first-order chi connectivity index (χ1) is 19.5. The van der Waals surface area contributed by atoms with Crippen molar-refractivity contribution in [3.05, 3.63) is 96.3 Å². The van der Waals surface area contributed by atoms with Gasteiger partial charge in [0.15, 0.2) is 0 Å². The van der Waals surface area contributed by atoms with E-state index in [0.29, 0.717) is 44.6 Å². The Labute approximate surface area is 236 Å². The molecule has 0 aliphatic carbocycles. The second kappa shape index (κ2) is 17.4. The van der Waals surface area contributed by atoms with Crippen LogP contribution in [-0.2, 0) is 32.0 Å². The van der Waals surface area contributed by atoms with Gasteiger partial charge in [-0.3, -0.25) is 19.4 Å². The highest BCUT2D eigenvalue weighted by molar-refractivity contribution is 5.85. The van der Waals surface area contributed by atoms with Gasteiger partial charge in [0.05, 0.1) is 26.2 Å². The Hall–Kier alpha value is -4.20. The maximum absolute atomic E-state index is 13.2. The largest absolute Gasteiger partial charge is 0.493 e. The molecule has 0 saturated carbocycles. The zero-order valence-corrected chi connectivity index (χ0v) is 23.2. The topological polar surface area (TPSA) is 97.8 Å². The van der Waals surface area contributed by atoms with Crippen molar-refractivity contribution in [2.24, 2.45) is 0 Å². The standard InChI is InChI=1S/C32H39N3O5/c1-2-39-32(38)24-28(16-15-26-10-5-3-6-11-26)34-30(36)25-35(22-19-27-12-7-4-8-13-27)31(37)14-9-23-40-29-17-20-33-21-18-29/h3-8,10-13,17-18,20-21,28H,2,9,14-16,19,22-25H2,1H3,(H,34,36). The van der Waals surface area contributed by atoms with Crippen molar-refractivity contribution in [1.29, 1.82) is 0 Å². The second-order valence-electron chi connectivity index (χ2n) is 9.48. The van der Waals surface area contributed by atoms with E-state index in [9.17, 15) is 14.4 Å². The van der Waals surface area contributed by atoms with Gasteiger partial charge in [0.25, 0.3) is 0 Å². The van der Waals surface area contributed by atoms with E-state index >= 15 is 0 Å². The number of carbonyl (C=O) groups excluding carboxylic acids is 3. The Balaban J connectivity index is 1.58. The third-order valence-corrected chi connectivity index (χ3v) is 6.36. The minimum Gasteiger partial charge on any atom is -0.493 e. The Morgan fingerprint density at radius 2 is 1.55 bits per heavy atom. The van der Waals surface area contributed by atoms with Gasteiger partial charge in [-0.25, -0.2) is 0 Å². The molecular formula is C32H39N3O5. The molecule has 0 bridgehead atoms. The Morgan fingerprint density at radius 1 is 0.900 bits per heavy atom. The van der Waals surface area contributed by atoms with E-state index in [2.05, 4.69) is 10.3 Å². The molecule has 8 heteroatoms. The predicted molar refractivity (Wildman–Crippen MR) is 154 cm³/mol. The number of rotatable bonds is 17. The number of esters is 1. The number of benzene rings is 2. The predicted octanol–water partition coefficient (Wildman–Crippen LogP) is 4.38. The summed E-state index contributed by atoms with van der Waals surface area (Å²) in [6.45, 7) is 2.75. The lowest BCUT2D eigenvalue weighted by atomic mass is 10.0. The van der Waals surface area contributed by atoms with Crippen LogP contribution in [0.3, 0.4) is 0 Å². The van der Waals surface area contributed by atoms with Crippen LogP contribution in [0.25, 0.3) is 0 Å². The molecule has 0 spiro atoms. The molecule has 0 saturated heterocycles. The number of aryl methyl sites for hydroxylation is 1. The van der Waals surface area contributed by atoms with E-state index in [1.807, 2.05) is 60.7 Å². The summed E-state index contributed by atoms with van der Waals surface area (Å²) in [5, 5.41) is 2.98. The zero-order chi connectivity index (χ0) is 28.4. The smallest absolute Gasteiger partial charge is 0.307 e. The summed E-state index contributed by atoms with van der Waals surface area (Å²) >= 11 is 0. The van der Waals surface area contributed by atoms with Crippen molar-refractivity contribution in [2.45, 2.75) is 51.5 Å². The number of pyridine rings is 1. The van der Waals surface area contributed by atoms with E-state index in [4.69, 9.17) is 9.47 Å². The number of nitrogens with zero attached hydrogens (tertiary/aromatic N) is 2. The van der Waals surface area contributed by atoms with Gasteiger partial charge in [0, 0.05) is 31.4 Å². The molecule has 3 rings (SSSR count). The van der Waals surface area contributed by atoms with Gasteiger partial charge in [-0.2, -0.15) is 0 Å². The summed E-state index contributed by atoms with van der Waals surface area (Å²) in [5.74, 6) is -0.0644. The van der Waals surface area contributed by atoms with Crippen LogP contribution in [0.1, 0.15) is 43.7 Å². The monoisotopic (exact) mass is 545 g/mol. The Kier molecular flexibility index (Phi) is 13.2. The molecule has 212 valence electrons. The number of amides is 2. The van der Waals surface area contributed by atoms with Crippen LogP contribution >= 0.6 is 0 Å². The third kappa shape index (κ3) is 11.7. The summed E-state index contributed by atoms with van der Waals surface area (Å²) in [7, 11) is 0.